The normalized spacial score (nSPS) is 11.6. The van der Waals surface area contributed by atoms with Gasteiger partial charge in [0.15, 0.2) is 11.1 Å². The molecule has 0 spiro atoms. The van der Waals surface area contributed by atoms with E-state index in [2.05, 4.69) is 15.3 Å². The van der Waals surface area contributed by atoms with Gasteiger partial charge < -0.3 is 20.7 Å². The summed E-state index contributed by atoms with van der Waals surface area (Å²) in [6.45, 7) is 1.76. The third-order valence-corrected chi connectivity index (χ3v) is 3.00. The van der Waals surface area contributed by atoms with Crippen LogP contribution in [-0.4, -0.2) is 45.3 Å². The summed E-state index contributed by atoms with van der Waals surface area (Å²) in [4.78, 5) is 10.6. The molecule has 3 N–H and O–H groups in total. The van der Waals surface area contributed by atoms with Gasteiger partial charge in [-0.25, -0.2) is 9.98 Å². The van der Waals surface area contributed by atoms with Gasteiger partial charge in [0.2, 0.25) is 0 Å². The first-order chi connectivity index (χ1) is 8.13. The van der Waals surface area contributed by atoms with Crippen molar-refractivity contribution in [1.29, 1.82) is 0 Å². The van der Waals surface area contributed by atoms with Crippen LogP contribution in [0, 0.1) is 0 Å². The summed E-state index contributed by atoms with van der Waals surface area (Å²) in [5.74, 6) is 0.418. The van der Waals surface area contributed by atoms with Crippen molar-refractivity contribution in [3.05, 3.63) is 11.1 Å². The fraction of sp³-hybridized carbons (Fsp3) is 0.600. The van der Waals surface area contributed by atoms with E-state index in [0.717, 1.165) is 10.8 Å². The third kappa shape index (κ3) is 5.01. The third-order valence-electron chi connectivity index (χ3n) is 1.95. The van der Waals surface area contributed by atoms with Gasteiger partial charge in [0.1, 0.15) is 0 Å². The maximum atomic E-state index is 5.68. The van der Waals surface area contributed by atoms with Gasteiger partial charge in [0.25, 0.3) is 0 Å². The lowest BCUT2D eigenvalue weighted by molar-refractivity contribution is 0.204. The first-order valence-corrected chi connectivity index (χ1v) is 6.16. The molecule has 1 rings (SSSR count). The minimum atomic E-state index is 0.418. The molecule has 1 aromatic rings. The number of aliphatic imine (C=N–C) groups is 1. The van der Waals surface area contributed by atoms with Crippen LogP contribution in [0.4, 0.5) is 5.13 Å². The summed E-state index contributed by atoms with van der Waals surface area (Å²) >= 11 is 1.60. The summed E-state index contributed by atoms with van der Waals surface area (Å²) in [6, 6.07) is 0. The first kappa shape index (κ1) is 13.7. The predicted molar refractivity (Wildman–Crippen MR) is 71.6 cm³/mol. The van der Waals surface area contributed by atoms with E-state index in [1.807, 2.05) is 24.4 Å². The zero-order valence-electron chi connectivity index (χ0n) is 10.4. The number of nitrogens with zero attached hydrogens (tertiary/aromatic N) is 3. The number of ether oxygens (including phenoxy) is 1. The van der Waals surface area contributed by atoms with E-state index in [1.165, 1.54) is 0 Å². The highest BCUT2D eigenvalue weighted by molar-refractivity contribution is 7.13. The summed E-state index contributed by atoms with van der Waals surface area (Å²) < 4.78 is 4.90. The summed E-state index contributed by atoms with van der Waals surface area (Å²) in [6.07, 6.45) is 0. The van der Waals surface area contributed by atoms with Crippen LogP contribution in [0.5, 0.6) is 0 Å². The Hall–Kier alpha value is -1.34. The van der Waals surface area contributed by atoms with Gasteiger partial charge in [-0.2, -0.15) is 0 Å². The Morgan fingerprint density at radius 1 is 1.65 bits per heavy atom. The second-order valence-corrected chi connectivity index (χ2v) is 4.47. The van der Waals surface area contributed by atoms with Crippen LogP contribution in [0.3, 0.4) is 0 Å². The molecule has 17 heavy (non-hydrogen) atoms. The Morgan fingerprint density at radius 2 is 2.41 bits per heavy atom. The minimum absolute atomic E-state index is 0.418. The van der Waals surface area contributed by atoms with Crippen LogP contribution >= 0.6 is 11.3 Å². The monoisotopic (exact) mass is 257 g/mol. The number of guanidine groups is 1. The molecule has 0 aliphatic rings. The van der Waals surface area contributed by atoms with Crippen molar-refractivity contribution in [1.82, 2.24) is 10.3 Å². The number of nitrogens with two attached hydrogens (primary N) is 1. The number of aromatic nitrogens is 1. The molecule has 1 aromatic heterocycles. The second kappa shape index (κ2) is 7.08. The minimum Gasteiger partial charge on any atom is -0.383 e. The van der Waals surface area contributed by atoms with Gasteiger partial charge in [-0.15, -0.1) is 11.3 Å². The van der Waals surface area contributed by atoms with E-state index in [9.17, 15) is 0 Å². The second-order valence-electron chi connectivity index (χ2n) is 3.64. The molecule has 0 amide bonds. The molecule has 0 saturated carbocycles. The lowest BCUT2D eigenvalue weighted by Gasteiger charge is -2.05. The van der Waals surface area contributed by atoms with E-state index in [1.54, 1.807) is 18.4 Å². The van der Waals surface area contributed by atoms with Crippen LogP contribution in [-0.2, 0) is 11.3 Å². The molecule has 0 radical (unpaired) electrons. The highest BCUT2D eigenvalue weighted by atomic mass is 32.1. The lowest BCUT2D eigenvalue weighted by atomic mass is 10.5. The predicted octanol–water partition coefficient (Wildman–Crippen LogP) is 0.260. The van der Waals surface area contributed by atoms with Gasteiger partial charge in [-0.05, 0) is 0 Å². The standard InChI is InChI=1S/C10H19N5OS/c1-15(2)10-14-8(7-17-10)6-13-9(11)12-4-5-16-3/h7H,4-6H2,1-3H3,(H3,11,12,13). The maximum absolute atomic E-state index is 5.68. The van der Waals surface area contributed by atoms with E-state index in [-0.39, 0.29) is 0 Å². The average Bonchev–Trinajstić information content (AvgIpc) is 2.75. The number of nitrogens with one attached hydrogen (secondary N) is 1. The molecule has 0 atom stereocenters. The van der Waals surface area contributed by atoms with Crippen molar-refractivity contribution in [3.63, 3.8) is 0 Å². The fourth-order valence-electron chi connectivity index (χ4n) is 1.08. The van der Waals surface area contributed by atoms with Crippen LogP contribution in [0.2, 0.25) is 0 Å². The molecule has 1 heterocycles. The van der Waals surface area contributed by atoms with Gasteiger partial charge in [0, 0.05) is 33.1 Å². The molecular weight excluding hydrogens is 238 g/mol. The maximum Gasteiger partial charge on any atom is 0.189 e. The topological polar surface area (TPSA) is 75.8 Å². The largest absolute Gasteiger partial charge is 0.383 e. The highest BCUT2D eigenvalue weighted by Gasteiger charge is 2.02. The van der Waals surface area contributed by atoms with Crippen molar-refractivity contribution >= 4 is 22.4 Å². The van der Waals surface area contributed by atoms with Crippen molar-refractivity contribution < 1.29 is 4.74 Å². The van der Waals surface area contributed by atoms with Gasteiger partial charge in [-0.1, -0.05) is 0 Å². The summed E-state index contributed by atoms with van der Waals surface area (Å²) in [5.41, 5.74) is 6.60. The van der Waals surface area contributed by atoms with Crippen molar-refractivity contribution in [2.45, 2.75) is 6.54 Å². The van der Waals surface area contributed by atoms with Crippen LogP contribution in [0.15, 0.2) is 10.4 Å². The van der Waals surface area contributed by atoms with E-state index in [0.29, 0.717) is 25.7 Å². The molecular formula is C10H19N5OS. The smallest absolute Gasteiger partial charge is 0.189 e. The zero-order valence-corrected chi connectivity index (χ0v) is 11.3. The molecule has 0 saturated heterocycles. The van der Waals surface area contributed by atoms with Crippen molar-refractivity contribution in [2.24, 2.45) is 10.7 Å². The molecule has 6 nitrogen and oxygen atoms in total. The fourth-order valence-corrected chi connectivity index (χ4v) is 1.83. The molecule has 0 aliphatic carbocycles. The number of thiazole rings is 1. The van der Waals surface area contributed by atoms with Crippen LogP contribution in [0.25, 0.3) is 0 Å². The average molecular weight is 257 g/mol. The molecule has 0 bridgehead atoms. The number of hydrogen-bond acceptors (Lipinski definition) is 5. The number of rotatable bonds is 6. The Balaban J connectivity index is 2.39. The number of methoxy groups -OCH3 is 1. The Kier molecular flexibility index (Phi) is 5.71. The molecule has 0 fully saturated rings. The zero-order chi connectivity index (χ0) is 12.7. The Bertz CT molecular complexity index is 363. The van der Waals surface area contributed by atoms with Gasteiger partial charge >= 0.3 is 0 Å². The van der Waals surface area contributed by atoms with Crippen molar-refractivity contribution in [3.8, 4) is 0 Å². The first-order valence-electron chi connectivity index (χ1n) is 5.28. The quantitative estimate of drug-likeness (QED) is 0.434. The van der Waals surface area contributed by atoms with E-state index < -0.39 is 0 Å². The molecule has 7 heteroatoms. The summed E-state index contributed by atoms with van der Waals surface area (Å²) in [7, 11) is 5.58. The van der Waals surface area contributed by atoms with Crippen LogP contribution < -0.4 is 16.0 Å². The van der Waals surface area contributed by atoms with E-state index >= 15 is 0 Å². The van der Waals surface area contributed by atoms with Gasteiger partial charge in [0.05, 0.1) is 18.8 Å². The highest BCUT2D eigenvalue weighted by Crippen LogP contribution is 2.18. The van der Waals surface area contributed by atoms with Crippen LogP contribution in [0.1, 0.15) is 5.69 Å². The Morgan fingerprint density at radius 3 is 3.00 bits per heavy atom. The lowest BCUT2D eigenvalue weighted by Crippen LogP contribution is -2.34. The number of anilines is 1. The van der Waals surface area contributed by atoms with Gasteiger partial charge in [-0.3, -0.25) is 0 Å². The SMILES string of the molecule is COCCNC(N)=NCc1csc(N(C)C)n1. The Labute approximate surface area is 106 Å². The summed E-state index contributed by atoms with van der Waals surface area (Å²) in [5, 5.41) is 5.91. The molecule has 0 aliphatic heterocycles. The molecule has 96 valence electrons. The van der Waals surface area contributed by atoms with Crippen molar-refractivity contribution in [2.75, 3.05) is 39.3 Å². The molecule has 0 unspecified atom stereocenters. The number of hydrogen-bond donors (Lipinski definition) is 2. The van der Waals surface area contributed by atoms with E-state index in [4.69, 9.17) is 10.5 Å². The molecule has 0 aromatic carbocycles.